The summed E-state index contributed by atoms with van der Waals surface area (Å²) in [5, 5.41) is 0. The Morgan fingerprint density at radius 3 is 2.68 bits per heavy atom. The van der Waals surface area contributed by atoms with Gasteiger partial charge in [-0.3, -0.25) is 4.79 Å². The second-order valence-corrected chi connectivity index (χ2v) is 6.72. The van der Waals surface area contributed by atoms with E-state index in [0.29, 0.717) is 11.0 Å². The van der Waals surface area contributed by atoms with Crippen LogP contribution >= 0.6 is 15.9 Å². The number of carbonyl (C=O) groups is 1. The van der Waals surface area contributed by atoms with Gasteiger partial charge in [-0.2, -0.15) is 0 Å². The smallest absolute Gasteiger partial charge is 0.255 e. The molecule has 1 saturated carbocycles. The van der Waals surface area contributed by atoms with Crippen LogP contribution in [0.25, 0.3) is 0 Å². The monoisotopic (exact) mass is 322 g/mol. The highest BCUT2D eigenvalue weighted by Gasteiger charge is 2.40. The molecule has 1 aromatic rings. The third-order valence-electron chi connectivity index (χ3n) is 4.61. The van der Waals surface area contributed by atoms with Crippen LogP contribution in [-0.2, 0) is 0 Å². The van der Waals surface area contributed by atoms with Crippen molar-refractivity contribution >= 4 is 21.8 Å². The lowest BCUT2D eigenvalue weighted by Crippen LogP contribution is -2.33. The lowest BCUT2D eigenvalue weighted by molar-refractivity contribution is 0.0758. The lowest BCUT2D eigenvalue weighted by Gasteiger charge is -2.33. The van der Waals surface area contributed by atoms with E-state index in [-0.39, 0.29) is 5.91 Å². The van der Waals surface area contributed by atoms with E-state index < -0.39 is 0 Å². The van der Waals surface area contributed by atoms with Gasteiger partial charge in [-0.25, -0.2) is 4.98 Å². The number of aromatic nitrogens is 1. The molecule has 2 fully saturated rings. The van der Waals surface area contributed by atoms with E-state index in [1.807, 2.05) is 17.0 Å². The highest BCUT2D eigenvalue weighted by atomic mass is 79.9. The Bertz CT molecular complexity index is 466. The van der Waals surface area contributed by atoms with Crippen molar-refractivity contribution in [3.05, 3.63) is 28.5 Å². The standard InChI is InChI=1S/C15H19BrN2O/c16-13-5-4-12(10-17-13)14(19)18-9-8-15(11-18)6-2-1-3-7-15/h4-5,10H,1-3,6-9,11H2. The zero-order valence-corrected chi connectivity index (χ0v) is 12.7. The molecular formula is C15H19BrN2O. The molecule has 1 aliphatic carbocycles. The van der Waals surface area contributed by atoms with Gasteiger partial charge < -0.3 is 4.90 Å². The van der Waals surface area contributed by atoms with E-state index in [1.165, 1.54) is 38.5 Å². The zero-order chi connectivity index (χ0) is 13.3. The van der Waals surface area contributed by atoms with Crippen LogP contribution in [-0.4, -0.2) is 28.9 Å². The molecule has 0 aromatic carbocycles. The quantitative estimate of drug-likeness (QED) is 0.739. The Kier molecular flexibility index (Phi) is 3.61. The van der Waals surface area contributed by atoms with Crippen molar-refractivity contribution in [2.75, 3.05) is 13.1 Å². The number of halogens is 1. The Labute approximate surface area is 122 Å². The van der Waals surface area contributed by atoms with Gasteiger partial charge >= 0.3 is 0 Å². The number of likely N-dealkylation sites (tertiary alicyclic amines) is 1. The first kappa shape index (κ1) is 13.1. The van der Waals surface area contributed by atoms with Crippen LogP contribution in [0.1, 0.15) is 48.9 Å². The third kappa shape index (κ3) is 2.69. The molecule has 1 aliphatic heterocycles. The second kappa shape index (κ2) is 5.23. The molecule has 0 atom stereocenters. The van der Waals surface area contributed by atoms with Gasteiger partial charge in [0, 0.05) is 19.3 Å². The summed E-state index contributed by atoms with van der Waals surface area (Å²) in [7, 11) is 0. The lowest BCUT2D eigenvalue weighted by atomic mass is 9.73. The number of pyridine rings is 1. The predicted molar refractivity (Wildman–Crippen MR) is 78.0 cm³/mol. The third-order valence-corrected chi connectivity index (χ3v) is 5.08. The summed E-state index contributed by atoms with van der Waals surface area (Å²) in [6, 6.07) is 3.69. The van der Waals surface area contributed by atoms with Crippen molar-refractivity contribution in [2.45, 2.75) is 38.5 Å². The SMILES string of the molecule is O=C(c1ccc(Br)nc1)N1CCC2(CCCCC2)C1. The van der Waals surface area contributed by atoms with Crippen LogP contribution in [0.2, 0.25) is 0 Å². The summed E-state index contributed by atoms with van der Waals surface area (Å²) in [4.78, 5) is 18.6. The fourth-order valence-electron chi connectivity index (χ4n) is 3.50. The van der Waals surface area contributed by atoms with Crippen molar-refractivity contribution in [1.29, 1.82) is 0 Å². The molecule has 0 radical (unpaired) electrons. The van der Waals surface area contributed by atoms with E-state index in [1.54, 1.807) is 6.20 Å². The number of hydrogen-bond acceptors (Lipinski definition) is 2. The first-order valence-corrected chi connectivity index (χ1v) is 7.89. The zero-order valence-electron chi connectivity index (χ0n) is 11.1. The van der Waals surface area contributed by atoms with E-state index in [0.717, 1.165) is 17.7 Å². The number of rotatable bonds is 1. The first-order valence-electron chi connectivity index (χ1n) is 7.09. The maximum atomic E-state index is 12.5. The number of amides is 1. The predicted octanol–water partition coefficient (Wildman–Crippen LogP) is 3.64. The summed E-state index contributed by atoms with van der Waals surface area (Å²) in [5.74, 6) is 0.141. The molecule has 1 amide bonds. The van der Waals surface area contributed by atoms with Crippen LogP contribution in [0.15, 0.2) is 22.9 Å². The van der Waals surface area contributed by atoms with Crippen molar-refractivity contribution in [3.8, 4) is 0 Å². The van der Waals surface area contributed by atoms with E-state index in [4.69, 9.17) is 0 Å². The molecule has 2 heterocycles. The Morgan fingerprint density at radius 1 is 1.21 bits per heavy atom. The molecule has 3 nitrogen and oxygen atoms in total. The second-order valence-electron chi connectivity index (χ2n) is 5.91. The normalized spacial score (nSPS) is 21.8. The fraction of sp³-hybridized carbons (Fsp3) is 0.600. The van der Waals surface area contributed by atoms with Crippen LogP contribution in [0, 0.1) is 5.41 Å². The number of carbonyl (C=O) groups excluding carboxylic acids is 1. The highest BCUT2D eigenvalue weighted by Crippen LogP contribution is 2.43. The van der Waals surface area contributed by atoms with Crippen molar-refractivity contribution in [2.24, 2.45) is 5.41 Å². The molecule has 102 valence electrons. The molecular weight excluding hydrogens is 304 g/mol. The summed E-state index contributed by atoms with van der Waals surface area (Å²) in [6.07, 6.45) is 9.49. The van der Waals surface area contributed by atoms with E-state index >= 15 is 0 Å². The summed E-state index contributed by atoms with van der Waals surface area (Å²) in [6.45, 7) is 1.86. The minimum Gasteiger partial charge on any atom is -0.338 e. The molecule has 2 aliphatic rings. The minimum atomic E-state index is 0.141. The summed E-state index contributed by atoms with van der Waals surface area (Å²) < 4.78 is 0.772. The van der Waals surface area contributed by atoms with Gasteiger partial charge in [0.25, 0.3) is 5.91 Å². The maximum Gasteiger partial charge on any atom is 0.255 e. The Hall–Kier alpha value is -0.900. The first-order chi connectivity index (χ1) is 9.19. The summed E-state index contributed by atoms with van der Waals surface area (Å²) in [5.41, 5.74) is 1.13. The molecule has 0 bridgehead atoms. The Morgan fingerprint density at radius 2 is 2.00 bits per heavy atom. The maximum absolute atomic E-state index is 12.5. The number of hydrogen-bond donors (Lipinski definition) is 0. The van der Waals surface area contributed by atoms with Gasteiger partial charge in [0.2, 0.25) is 0 Å². The van der Waals surface area contributed by atoms with Crippen molar-refractivity contribution in [1.82, 2.24) is 9.88 Å². The van der Waals surface area contributed by atoms with Gasteiger partial charge in [-0.15, -0.1) is 0 Å². The molecule has 1 saturated heterocycles. The van der Waals surface area contributed by atoms with Gasteiger partial charge in [0.15, 0.2) is 0 Å². The van der Waals surface area contributed by atoms with Crippen LogP contribution in [0.5, 0.6) is 0 Å². The topological polar surface area (TPSA) is 33.2 Å². The average molecular weight is 323 g/mol. The van der Waals surface area contributed by atoms with Crippen molar-refractivity contribution in [3.63, 3.8) is 0 Å². The molecule has 3 rings (SSSR count). The minimum absolute atomic E-state index is 0.141. The molecule has 0 unspecified atom stereocenters. The fourth-order valence-corrected chi connectivity index (χ4v) is 3.74. The Balaban J connectivity index is 1.70. The molecule has 4 heteroatoms. The van der Waals surface area contributed by atoms with E-state index in [2.05, 4.69) is 20.9 Å². The molecule has 19 heavy (non-hydrogen) atoms. The van der Waals surface area contributed by atoms with Gasteiger partial charge in [-0.05, 0) is 52.7 Å². The van der Waals surface area contributed by atoms with Gasteiger partial charge in [-0.1, -0.05) is 19.3 Å². The van der Waals surface area contributed by atoms with Gasteiger partial charge in [0.1, 0.15) is 4.60 Å². The molecule has 1 spiro atoms. The van der Waals surface area contributed by atoms with Crippen LogP contribution in [0.3, 0.4) is 0 Å². The van der Waals surface area contributed by atoms with Crippen molar-refractivity contribution < 1.29 is 4.79 Å². The van der Waals surface area contributed by atoms with Crippen LogP contribution < -0.4 is 0 Å². The van der Waals surface area contributed by atoms with E-state index in [9.17, 15) is 4.79 Å². The molecule has 1 aromatic heterocycles. The number of nitrogens with zero attached hydrogens (tertiary/aromatic N) is 2. The van der Waals surface area contributed by atoms with Crippen LogP contribution in [0.4, 0.5) is 0 Å². The molecule has 0 N–H and O–H groups in total. The van der Waals surface area contributed by atoms with Gasteiger partial charge in [0.05, 0.1) is 5.56 Å². The largest absolute Gasteiger partial charge is 0.338 e. The average Bonchev–Trinajstić information content (AvgIpc) is 2.83. The summed E-state index contributed by atoms with van der Waals surface area (Å²) >= 11 is 3.30. The highest BCUT2D eigenvalue weighted by molar-refractivity contribution is 9.10.